The van der Waals surface area contributed by atoms with Gasteiger partial charge in [-0.25, -0.2) is 0 Å². The summed E-state index contributed by atoms with van der Waals surface area (Å²) in [5.74, 6) is 0.504. The summed E-state index contributed by atoms with van der Waals surface area (Å²) in [7, 11) is 3.13. The van der Waals surface area contributed by atoms with Crippen molar-refractivity contribution in [2.24, 2.45) is 4.99 Å². The molecule has 2 rings (SSSR count). The van der Waals surface area contributed by atoms with Crippen molar-refractivity contribution < 1.29 is 9.53 Å². The van der Waals surface area contributed by atoms with Crippen LogP contribution in [0.25, 0.3) is 0 Å². The number of ether oxygens (including phenoxy) is 1. The summed E-state index contributed by atoms with van der Waals surface area (Å²) >= 11 is 0. The first-order chi connectivity index (χ1) is 11.1. The average Bonchev–Trinajstić information content (AvgIpc) is 3.02. The van der Waals surface area contributed by atoms with Crippen LogP contribution in [0, 0.1) is 6.92 Å². The van der Waals surface area contributed by atoms with Gasteiger partial charge in [-0.15, -0.1) is 0 Å². The van der Waals surface area contributed by atoms with Crippen molar-refractivity contribution in [1.82, 2.24) is 10.6 Å². The molecule has 1 unspecified atom stereocenters. The van der Waals surface area contributed by atoms with Gasteiger partial charge in [-0.1, -0.05) is 17.7 Å². The van der Waals surface area contributed by atoms with Gasteiger partial charge in [0.1, 0.15) is 0 Å². The molecular formula is C17H26N4O2. The van der Waals surface area contributed by atoms with E-state index in [9.17, 15) is 4.79 Å². The molecule has 6 heteroatoms. The minimum absolute atomic E-state index is 0.223. The Hall–Kier alpha value is -2.24. The van der Waals surface area contributed by atoms with Crippen molar-refractivity contribution in [3.63, 3.8) is 0 Å². The normalized spacial score (nSPS) is 18.0. The van der Waals surface area contributed by atoms with Crippen LogP contribution in [0.5, 0.6) is 0 Å². The maximum Gasteiger partial charge on any atom is 0.307 e. The van der Waals surface area contributed by atoms with E-state index in [1.807, 2.05) is 0 Å². The van der Waals surface area contributed by atoms with Crippen LogP contribution >= 0.6 is 0 Å². The highest BCUT2D eigenvalue weighted by molar-refractivity contribution is 5.80. The van der Waals surface area contributed by atoms with Crippen LogP contribution in [0.2, 0.25) is 0 Å². The fourth-order valence-corrected chi connectivity index (χ4v) is 2.64. The molecule has 1 aliphatic heterocycles. The molecule has 1 heterocycles. The highest BCUT2D eigenvalue weighted by Gasteiger charge is 2.23. The Bertz CT molecular complexity index is 542. The summed E-state index contributed by atoms with van der Waals surface area (Å²) in [6.45, 7) is 4.59. The number of aliphatic imine (C=N–C) groups is 1. The highest BCUT2D eigenvalue weighted by atomic mass is 16.5. The molecule has 0 aliphatic carbocycles. The maximum absolute atomic E-state index is 11.1. The Morgan fingerprint density at radius 2 is 2.13 bits per heavy atom. The zero-order valence-electron chi connectivity index (χ0n) is 14.1. The first-order valence-corrected chi connectivity index (χ1v) is 7.98. The van der Waals surface area contributed by atoms with Gasteiger partial charge >= 0.3 is 5.97 Å². The SMILES string of the molecule is CN=C(NCCC(=O)OC)NC1CCN(c2ccc(C)cc2)C1. The van der Waals surface area contributed by atoms with Gasteiger partial charge in [-0.05, 0) is 25.5 Å². The monoisotopic (exact) mass is 318 g/mol. The van der Waals surface area contributed by atoms with Gasteiger partial charge in [-0.3, -0.25) is 9.79 Å². The quantitative estimate of drug-likeness (QED) is 0.487. The molecule has 0 saturated carbocycles. The zero-order valence-corrected chi connectivity index (χ0v) is 14.1. The van der Waals surface area contributed by atoms with Crippen LogP contribution < -0.4 is 15.5 Å². The summed E-state index contributed by atoms with van der Waals surface area (Å²) < 4.78 is 4.62. The number of nitrogens with zero attached hydrogens (tertiary/aromatic N) is 2. The van der Waals surface area contributed by atoms with Crippen molar-refractivity contribution in [3.05, 3.63) is 29.8 Å². The molecule has 0 aromatic heterocycles. The van der Waals surface area contributed by atoms with Crippen molar-refractivity contribution in [2.45, 2.75) is 25.8 Å². The number of aryl methyl sites for hydroxylation is 1. The van der Waals surface area contributed by atoms with Crippen LogP contribution in [0.15, 0.2) is 29.3 Å². The molecule has 1 aromatic rings. The maximum atomic E-state index is 11.1. The molecule has 23 heavy (non-hydrogen) atoms. The van der Waals surface area contributed by atoms with Gasteiger partial charge in [-0.2, -0.15) is 0 Å². The van der Waals surface area contributed by atoms with Gasteiger partial charge in [0.25, 0.3) is 0 Å². The number of esters is 1. The predicted molar refractivity (Wildman–Crippen MR) is 92.9 cm³/mol. The van der Waals surface area contributed by atoms with Crippen molar-refractivity contribution in [2.75, 3.05) is 38.7 Å². The highest BCUT2D eigenvalue weighted by Crippen LogP contribution is 2.20. The third-order valence-electron chi connectivity index (χ3n) is 4.00. The van der Waals surface area contributed by atoms with E-state index in [2.05, 4.69) is 56.5 Å². The Morgan fingerprint density at radius 1 is 1.39 bits per heavy atom. The lowest BCUT2D eigenvalue weighted by molar-refractivity contribution is -0.140. The Labute approximate surface area is 137 Å². The molecule has 6 nitrogen and oxygen atoms in total. The van der Waals surface area contributed by atoms with Crippen LogP contribution in [0.4, 0.5) is 5.69 Å². The number of carbonyl (C=O) groups excluding carboxylic acids is 1. The van der Waals surface area contributed by atoms with Crippen molar-refractivity contribution in [1.29, 1.82) is 0 Å². The van der Waals surface area contributed by atoms with E-state index < -0.39 is 0 Å². The molecule has 0 amide bonds. The first kappa shape index (κ1) is 17.1. The Balaban J connectivity index is 1.79. The lowest BCUT2D eigenvalue weighted by Crippen LogP contribution is -2.45. The number of methoxy groups -OCH3 is 1. The van der Waals surface area contributed by atoms with Gasteiger partial charge < -0.3 is 20.3 Å². The second-order valence-electron chi connectivity index (χ2n) is 5.74. The minimum atomic E-state index is -0.223. The van der Waals surface area contributed by atoms with Crippen LogP contribution in [0.3, 0.4) is 0 Å². The number of guanidine groups is 1. The van der Waals surface area contributed by atoms with E-state index >= 15 is 0 Å². The molecule has 0 radical (unpaired) electrons. The van der Waals surface area contributed by atoms with E-state index in [1.54, 1.807) is 7.05 Å². The summed E-state index contributed by atoms with van der Waals surface area (Å²) in [5, 5.41) is 6.56. The molecule has 1 saturated heterocycles. The molecule has 1 aromatic carbocycles. The summed E-state index contributed by atoms with van der Waals surface area (Å²) in [5.41, 5.74) is 2.53. The largest absolute Gasteiger partial charge is 0.469 e. The van der Waals surface area contributed by atoms with Gasteiger partial charge in [0, 0.05) is 38.4 Å². The minimum Gasteiger partial charge on any atom is -0.469 e. The topological polar surface area (TPSA) is 66.0 Å². The van der Waals surface area contributed by atoms with Gasteiger partial charge in [0.15, 0.2) is 5.96 Å². The van der Waals surface area contributed by atoms with Gasteiger partial charge in [0.05, 0.1) is 13.5 Å². The molecule has 0 spiro atoms. The molecule has 1 atom stereocenters. The molecule has 2 N–H and O–H groups in total. The van der Waals surface area contributed by atoms with E-state index in [0.717, 1.165) is 25.5 Å². The van der Waals surface area contributed by atoms with Crippen LogP contribution in [-0.2, 0) is 9.53 Å². The van der Waals surface area contributed by atoms with Crippen molar-refractivity contribution >= 4 is 17.6 Å². The van der Waals surface area contributed by atoms with E-state index in [0.29, 0.717) is 19.0 Å². The molecule has 0 bridgehead atoms. The number of carbonyl (C=O) groups is 1. The second kappa shape index (κ2) is 8.41. The second-order valence-corrected chi connectivity index (χ2v) is 5.74. The summed E-state index contributed by atoms with van der Waals surface area (Å²) in [6.07, 6.45) is 1.39. The third kappa shape index (κ3) is 5.16. The molecule has 126 valence electrons. The lowest BCUT2D eigenvalue weighted by Gasteiger charge is -2.20. The smallest absolute Gasteiger partial charge is 0.307 e. The third-order valence-corrected chi connectivity index (χ3v) is 4.00. The fourth-order valence-electron chi connectivity index (χ4n) is 2.64. The van der Waals surface area contributed by atoms with E-state index in [1.165, 1.54) is 18.4 Å². The Morgan fingerprint density at radius 3 is 2.78 bits per heavy atom. The first-order valence-electron chi connectivity index (χ1n) is 7.98. The van der Waals surface area contributed by atoms with Crippen LogP contribution in [0.1, 0.15) is 18.4 Å². The number of rotatable bonds is 5. The number of benzene rings is 1. The Kier molecular flexibility index (Phi) is 6.26. The average molecular weight is 318 g/mol. The number of nitrogens with one attached hydrogen (secondary N) is 2. The van der Waals surface area contributed by atoms with Gasteiger partial charge in [0.2, 0.25) is 0 Å². The number of anilines is 1. The van der Waals surface area contributed by atoms with Crippen molar-refractivity contribution in [3.8, 4) is 0 Å². The van der Waals surface area contributed by atoms with E-state index in [4.69, 9.17) is 0 Å². The van der Waals surface area contributed by atoms with Crippen LogP contribution in [-0.4, -0.2) is 51.8 Å². The molecule has 1 fully saturated rings. The summed E-state index contributed by atoms with van der Waals surface area (Å²) in [6, 6.07) is 8.97. The molecule has 1 aliphatic rings. The number of hydrogen-bond acceptors (Lipinski definition) is 4. The fraction of sp³-hybridized carbons (Fsp3) is 0.529. The van der Waals surface area contributed by atoms with E-state index in [-0.39, 0.29) is 5.97 Å². The predicted octanol–water partition coefficient (Wildman–Crippen LogP) is 1.30. The molecular weight excluding hydrogens is 292 g/mol. The summed E-state index contributed by atoms with van der Waals surface area (Å²) in [4.78, 5) is 17.7. The number of hydrogen-bond donors (Lipinski definition) is 2. The zero-order chi connectivity index (χ0) is 16.7. The lowest BCUT2D eigenvalue weighted by atomic mass is 10.2. The standard InChI is InChI=1S/C17H26N4O2/c1-13-4-6-15(7-5-13)21-11-9-14(12-21)20-17(18-2)19-10-8-16(22)23-3/h4-7,14H,8-12H2,1-3H3,(H2,18,19,20).